The topological polar surface area (TPSA) is 41.9 Å². The molecule has 2 saturated carbocycles. The number of amides is 1. The average molecular weight is 612 g/mol. The quantitative estimate of drug-likeness (QED) is 0.305. The van der Waals surface area contributed by atoms with Gasteiger partial charge < -0.3 is 4.74 Å². The minimum absolute atomic E-state index is 0.0291. The molecular formula is C29H30Cl4N2O2S. The van der Waals surface area contributed by atoms with Gasteiger partial charge in [-0.05, 0) is 73.4 Å². The molecule has 2 aromatic rings. The highest BCUT2D eigenvalue weighted by Crippen LogP contribution is 2.40. The van der Waals surface area contributed by atoms with Crippen LogP contribution in [0.5, 0.6) is 5.75 Å². The smallest absolute Gasteiger partial charge is 0.266 e. The molecule has 3 aliphatic rings. The Morgan fingerprint density at radius 2 is 1.55 bits per heavy atom. The predicted octanol–water partition coefficient (Wildman–Crippen LogP) is 9.82. The average Bonchev–Trinajstić information content (AvgIpc) is 3.19. The number of rotatable bonds is 6. The second-order valence-corrected chi connectivity index (χ2v) is 12.8. The molecule has 2 aliphatic carbocycles. The maximum atomic E-state index is 13.7. The number of carbonyl (C=O) groups excluding carboxylic acids is 1. The summed E-state index contributed by atoms with van der Waals surface area (Å²) < 4.78 is 5.91. The van der Waals surface area contributed by atoms with Crippen LogP contribution in [0, 0.1) is 0 Å². The fourth-order valence-corrected chi connectivity index (χ4v) is 7.53. The zero-order valence-electron chi connectivity index (χ0n) is 21.0. The molecule has 1 amide bonds. The van der Waals surface area contributed by atoms with Crippen LogP contribution < -0.4 is 4.74 Å². The van der Waals surface area contributed by atoms with E-state index in [0.29, 0.717) is 36.8 Å². The summed E-state index contributed by atoms with van der Waals surface area (Å²) in [6.07, 6.45) is 13.4. The van der Waals surface area contributed by atoms with E-state index < -0.39 is 0 Å². The van der Waals surface area contributed by atoms with Crippen molar-refractivity contribution >= 4 is 75.3 Å². The number of benzene rings is 2. The van der Waals surface area contributed by atoms with Gasteiger partial charge in [0.05, 0.1) is 21.0 Å². The minimum atomic E-state index is 0.0291. The van der Waals surface area contributed by atoms with Gasteiger partial charge in [-0.2, -0.15) is 0 Å². The maximum Gasteiger partial charge on any atom is 0.266 e. The Bertz CT molecular complexity index is 1230. The number of nitrogens with zero attached hydrogens (tertiary/aromatic N) is 2. The molecule has 1 aliphatic heterocycles. The third-order valence-corrected chi connectivity index (χ3v) is 9.50. The van der Waals surface area contributed by atoms with Gasteiger partial charge in [-0.3, -0.25) is 14.7 Å². The Hall–Kier alpha value is -1.37. The fourth-order valence-electron chi connectivity index (χ4n) is 5.34. The molecule has 0 spiro atoms. The van der Waals surface area contributed by atoms with Crippen LogP contribution in [-0.4, -0.2) is 28.1 Å². The molecule has 4 nitrogen and oxygen atoms in total. The number of thioether (sulfide) groups is 1. The molecule has 9 heteroatoms. The molecule has 0 bridgehead atoms. The molecule has 0 aromatic heterocycles. The minimum Gasteiger partial charge on any atom is -0.486 e. The summed E-state index contributed by atoms with van der Waals surface area (Å²) in [5.74, 6) is 0.400. The Kier molecular flexibility index (Phi) is 9.54. The third-order valence-electron chi connectivity index (χ3n) is 7.35. The van der Waals surface area contributed by atoms with Crippen LogP contribution >= 0.6 is 58.2 Å². The number of hydrogen-bond acceptors (Lipinski definition) is 4. The Labute approximate surface area is 248 Å². The zero-order chi connectivity index (χ0) is 26.6. The van der Waals surface area contributed by atoms with Crippen LogP contribution in [0.2, 0.25) is 20.1 Å². The molecule has 5 rings (SSSR count). The lowest BCUT2D eigenvalue weighted by molar-refractivity contribution is -0.124. The van der Waals surface area contributed by atoms with Crippen LogP contribution in [0.15, 0.2) is 40.2 Å². The van der Waals surface area contributed by atoms with Gasteiger partial charge in [-0.25, -0.2) is 0 Å². The van der Waals surface area contributed by atoms with Gasteiger partial charge in [0.1, 0.15) is 6.61 Å². The van der Waals surface area contributed by atoms with E-state index in [1.165, 1.54) is 37.4 Å². The second-order valence-electron chi connectivity index (χ2n) is 10.1. The van der Waals surface area contributed by atoms with Crippen LogP contribution in [-0.2, 0) is 11.4 Å². The molecule has 0 N–H and O–H groups in total. The van der Waals surface area contributed by atoms with Crippen molar-refractivity contribution in [2.45, 2.75) is 82.9 Å². The van der Waals surface area contributed by atoms with Crippen molar-refractivity contribution in [3.8, 4) is 5.75 Å². The summed E-state index contributed by atoms with van der Waals surface area (Å²) in [6, 6.07) is 9.29. The van der Waals surface area contributed by atoms with Crippen molar-refractivity contribution in [1.29, 1.82) is 0 Å². The first-order valence-corrected chi connectivity index (χ1v) is 15.6. The first kappa shape index (κ1) is 28.2. The van der Waals surface area contributed by atoms with E-state index >= 15 is 0 Å². The first-order chi connectivity index (χ1) is 18.4. The summed E-state index contributed by atoms with van der Waals surface area (Å²) in [5.41, 5.74) is 1.52. The molecule has 38 heavy (non-hydrogen) atoms. The van der Waals surface area contributed by atoms with Crippen LogP contribution in [0.25, 0.3) is 6.08 Å². The molecule has 1 saturated heterocycles. The predicted molar refractivity (Wildman–Crippen MR) is 161 cm³/mol. The van der Waals surface area contributed by atoms with Crippen molar-refractivity contribution < 1.29 is 9.53 Å². The van der Waals surface area contributed by atoms with E-state index in [1.807, 2.05) is 11.0 Å². The van der Waals surface area contributed by atoms with Gasteiger partial charge in [0, 0.05) is 21.7 Å². The summed E-state index contributed by atoms with van der Waals surface area (Å²) in [5, 5.41) is 2.66. The van der Waals surface area contributed by atoms with Crippen molar-refractivity contribution in [2.75, 3.05) is 0 Å². The maximum absolute atomic E-state index is 13.7. The SMILES string of the molecule is O=C1C(=Cc2cc(Cl)c(OCc3ccc(Cl)cc3Cl)c(Cl)c2)SC(=NC2CCCCC2)N1C1CCCCC1. The number of ether oxygens (including phenoxy) is 1. The zero-order valence-corrected chi connectivity index (χ0v) is 24.9. The van der Waals surface area contributed by atoms with Crippen molar-refractivity contribution in [3.05, 3.63) is 66.5 Å². The first-order valence-electron chi connectivity index (χ1n) is 13.3. The Morgan fingerprint density at radius 1 is 0.895 bits per heavy atom. The van der Waals surface area contributed by atoms with Crippen molar-refractivity contribution in [3.63, 3.8) is 0 Å². The van der Waals surface area contributed by atoms with Crippen LogP contribution in [0.4, 0.5) is 0 Å². The van der Waals surface area contributed by atoms with Gasteiger partial charge in [0.15, 0.2) is 10.9 Å². The van der Waals surface area contributed by atoms with E-state index in [4.69, 9.17) is 56.1 Å². The molecule has 0 radical (unpaired) electrons. The fraction of sp³-hybridized carbons (Fsp3) is 0.448. The molecule has 202 valence electrons. The highest BCUT2D eigenvalue weighted by atomic mass is 35.5. The van der Waals surface area contributed by atoms with Crippen molar-refractivity contribution in [2.24, 2.45) is 4.99 Å². The Balaban J connectivity index is 1.37. The van der Waals surface area contributed by atoms with Crippen molar-refractivity contribution in [1.82, 2.24) is 4.90 Å². The molecular weight excluding hydrogens is 582 g/mol. The molecule has 0 unspecified atom stereocenters. The molecule has 2 aromatic carbocycles. The summed E-state index contributed by atoms with van der Waals surface area (Å²) in [4.78, 5) is 21.4. The highest BCUT2D eigenvalue weighted by Gasteiger charge is 2.39. The number of carbonyl (C=O) groups is 1. The number of aliphatic imine (C=N–C) groups is 1. The lowest BCUT2D eigenvalue weighted by Gasteiger charge is -2.31. The van der Waals surface area contributed by atoms with Gasteiger partial charge >= 0.3 is 0 Å². The third kappa shape index (κ3) is 6.67. The van der Waals surface area contributed by atoms with Gasteiger partial charge in [0.25, 0.3) is 5.91 Å². The second kappa shape index (κ2) is 12.9. The van der Waals surface area contributed by atoms with E-state index in [2.05, 4.69) is 0 Å². The van der Waals surface area contributed by atoms with Gasteiger partial charge in [0.2, 0.25) is 0 Å². The molecule has 0 atom stereocenters. The highest BCUT2D eigenvalue weighted by molar-refractivity contribution is 8.18. The summed E-state index contributed by atoms with van der Waals surface area (Å²) in [6.45, 7) is 0.196. The Morgan fingerprint density at radius 3 is 2.21 bits per heavy atom. The van der Waals surface area contributed by atoms with Gasteiger partial charge in [-0.15, -0.1) is 0 Å². The monoisotopic (exact) mass is 610 g/mol. The van der Waals surface area contributed by atoms with E-state index in [1.54, 1.807) is 30.3 Å². The summed E-state index contributed by atoms with van der Waals surface area (Å²) >= 11 is 26.9. The van der Waals surface area contributed by atoms with Crippen LogP contribution in [0.3, 0.4) is 0 Å². The molecule has 1 heterocycles. The standard InChI is InChI=1S/C29H30Cl4N2O2S/c30-20-12-11-19(23(31)16-20)17-37-27-24(32)13-18(14-25(27)33)15-26-28(36)35(22-9-5-2-6-10-22)29(38-26)34-21-7-3-1-4-8-21/h11-16,21-22H,1-10,17H2. The summed E-state index contributed by atoms with van der Waals surface area (Å²) in [7, 11) is 0. The molecule has 3 fully saturated rings. The number of amidine groups is 1. The lowest BCUT2D eigenvalue weighted by atomic mass is 9.94. The van der Waals surface area contributed by atoms with E-state index in [-0.39, 0.29) is 18.6 Å². The van der Waals surface area contributed by atoms with E-state index in [0.717, 1.165) is 54.8 Å². The van der Waals surface area contributed by atoms with Gasteiger partial charge in [-0.1, -0.05) is 91.0 Å². The van der Waals surface area contributed by atoms with Crippen LogP contribution in [0.1, 0.15) is 75.3 Å². The normalized spacial score (nSPS) is 21.6. The largest absolute Gasteiger partial charge is 0.486 e. The van der Waals surface area contributed by atoms with E-state index in [9.17, 15) is 4.79 Å². The lowest BCUT2D eigenvalue weighted by Crippen LogP contribution is -2.41. The number of hydrogen-bond donors (Lipinski definition) is 0. The number of halogens is 4.